The first-order chi connectivity index (χ1) is 16.8. The number of amides is 1. The van der Waals surface area contributed by atoms with Gasteiger partial charge in [-0.25, -0.2) is 0 Å². The quantitative estimate of drug-likeness (QED) is 0.427. The SMILES string of the molecule is CCN(CC)CCCN1C(=O)C(O)=C(C(=O)/C=C/c2ccccc2)C1c1ccc(OC(C)C)cc1. The molecule has 2 aromatic rings. The van der Waals surface area contributed by atoms with Gasteiger partial charge in [0.2, 0.25) is 0 Å². The molecule has 0 bridgehead atoms. The van der Waals surface area contributed by atoms with Gasteiger partial charge in [0.1, 0.15) is 5.75 Å². The van der Waals surface area contributed by atoms with Crippen molar-refractivity contribution < 1.29 is 19.4 Å². The van der Waals surface area contributed by atoms with Crippen LogP contribution in [0.5, 0.6) is 5.75 Å². The van der Waals surface area contributed by atoms with Crippen molar-refractivity contribution in [3.8, 4) is 5.75 Å². The minimum atomic E-state index is -0.653. The van der Waals surface area contributed by atoms with Crippen molar-refractivity contribution in [2.24, 2.45) is 0 Å². The van der Waals surface area contributed by atoms with E-state index in [-0.39, 0.29) is 17.5 Å². The number of hydrogen-bond acceptors (Lipinski definition) is 5. The average molecular weight is 477 g/mol. The van der Waals surface area contributed by atoms with Crippen LogP contribution in [-0.2, 0) is 9.59 Å². The summed E-state index contributed by atoms with van der Waals surface area (Å²) in [7, 11) is 0. The van der Waals surface area contributed by atoms with Crippen LogP contribution in [0.25, 0.3) is 6.08 Å². The Bertz CT molecular complexity index is 1050. The summed E-state index contributed by atoms with van der Waals surface area (Å²) in [6.45, 7) is 11.3. The van der Waals surface area contributed by atoms with Gasteiger partial charge in [-0.15, -0.1) is 0 Å². The number of allylic oxidation sites excluding steroid dienone is 1. The van der Waals surface area contributed by atoms with Crippen molar-refractivity contribution >= 4 is 17.8 Å². The summed E-state index contributed by atoms with van der Waals surface area (Å²) < 4.78 is 5.75. The molecule has 1 aliphatic rings. The Morgan fingerprint density at radius 2 is 1.74 bits per heavy atom. The highest BCUT2D eigenvalue weighted by atomic mass is 16.5. The Hall–Kier alpha value is -3.38. The number of carbonyl (C=O) groups excluding carboxylic acids is 2. The van der Waals surface area contributed by atoms with E-state index in [0.29, 0.717) is 12.3 Å². The lowest BCUT2D eigenvalue weighted by atomic mass is 9.95. The lowest BCUT2D eigenvalue weighted by molar-refractivity contribution is -0.129. The Morgan fingerprint density at radius 3 is 2.34 bits per heavy atom. The first kappa shape index (κ1) is 26.2. The van der Waals surface area contributed by atoms with Gasteiger partial charge in [0.05, 0.1) is 17.7 Å². The van der Waals surface area contributed by atoms with Crippen LogP contribution in [0, 0.1) is 0 Å². The number of aliphatic hydroxyl groups excluding tert-OH is 1. The molecular formula is C29H36N2O4. The molecule has 2 aromatic carbocycles. The first-order valence-electron chi connectivity index (χ1n) is 12.4. The highest BCUT2D eigenvalue weighted by Crippen LogP contribution is 2.38. The van der Waals surface area contributed by atoms with Crippen LogP contribution in [0.15, 0.2) is 72.0 Å². The number of benzene rings is 2. The summed E-state index contributed by atoms with van der Waals surface area (Å²) in [4.78, 5) is 30.3. The van der Waals surface area contributed by atoms with Crippen LogP contribution in [0.4, 0.5) is 0 Å². The van der Waals surface area contributed by atoms with E-state index >= 15 is 0 Å². The number of carbonyl (C=O) groups is 2. The third-order valence-corrected chi connectivity index (χ3v) is 6.13. The van der Waals surface area contributed by atoms with E-state index in [0.717, 1.165) is 37.2 Å². The fourth-order valence-electron chi connectivity index (χ4n) is 4.31. The molecule has 3 rings (SSSR count). The first-order valence-corrected chi connectivity index (χ1v) is 12.4. The Balaban J connectivity index is 1.90. The monoisotopic (exact) mass is 476 g/mol. The van der Waals surface area contributed by atoms with E-state index < -0.39 is 17.7 Å². The molecule has 0 aromatic heterocycles. The van der Waals surface area contributed by atoms with Gasteiger partial charge in [-0.05, 0) is 69.2 Å². The van der Waals surface area contributed by atoms with Crippen LogP contribution in [0.1, 0.15) is 51.3 Å². The van der Waals surface area contributed by atoms with E-state index in [9.17, 15) is 14.7 Å². The van der Waals surface area contributed by atoms with Crippen LogP contribution in [-0.4, -0.2) is 58.9 Å². The zero-order valence-electron chi connectivity index (χ0n) is 21.1. The van der Waals surface area contributed by atoms with Gasteiger partial charge in [0.15, 0.2) is 11.5 Å². The second-order valence-electron chi connectivity index (χ2n) is 8.89. The van der Waals surface area contributed by atoms with E-state index in [4.69, 9.17) is 4.74 Å². The van der Waals surface area contributed by atoms with Gasteiger partial charge in [0, 0.05) is 6.54 Å². The molecule has 1 atom stereocenters. The second kappa shape index (κ2) is 12.4. The molecule has 6 nitrogen and oxygen atoms in total. The van der Waals surface area contributed by atoms with E-state index in [2.05, 4.69) is 18.7 Å². The van der Waals surface area contributed by atoms with Gasteiger partial charge >= 0.3 is 0 Å². The number of nitrogens with zero attached hydrogens (tertiary/aromatic N) is 2. The molecule has 0 radical (unpaired) electrons. The molecule has 0 saturated heterocycles. The van der Waals surface area contributed by atoms with Gasteiger partial charge < -0.3 is 19.6 Å². The zero-order valence-corrected chi connectivity index (χ0v) is 21.1. The fourth-order valence-corrected chi connectivity index (χ4v) is 4.31. The molecule has 0 saturated carbocycles. The molecule has 186 valence electrons. The summed E-state index contributed by atoms with van der Waals surface area (Å²) in [6, 6.07) is 16.2. The fraction of sp³-hybridized carbons (Fsp3) is 0.379. The topological polar surface area (TPSA) is 70.1 Å². The number of ketones is 1. The largest absolute Gasteiger partial charge is 0.503 e. The molecule has 1 unspecified atom stereocenters. The van der Waals surface area contributed by atoms with E-state index in [1.54, 1.807) is 11.0 Å². The lowest BCUT2D eigenvalue weighted by Crippen LogP contribution is -2.34. The van der Waals surface area contributed by atoms with Gasteiger partial charge in [-0.1, -0.05) is 62.4 Å². The summed E-state index contributed by atoms with van der Waals surface area (Å²) in [6.07, 6.45) is 3.91. The number of ether oxygens (including phenoxy) is 1. The molecule has 0 spiro atoms. The zero-order chi connectivity index (χ0) is 25.4. The Morgan fingerprint density at radius 1 is 1.09 bits per heavy atom. The average Bonchev–Trinajstić information content (AvgIpc) is 3.11. The predicted octanol–water partition coefficient (Wildman–Crippen LogP) is 5.18. The highest BCUT2D eigenvalue weighted by Gasteiger charge is 2.42. The maximum Gasteiger partial charge on any atom is 0.290 e. The van der Waals surface area contributed by atoms with Crippen molar-refractivity contribution in [3.05, 3.63) is 83.1 Å². The summed E-state index contributed by atoms with van der Waals surface area (Å²) in [5.74, 6) is -0.638. The van der Waals surface area contributed by atoms with Crippen molar-refractivity contribution in [1.29, 1.82) is 0 Å². The normalized spacial score (nSPS) is 16.2. The van der Waals surface area contributed by atoms with Crippen molar-refractivity contribution in [3.63, 3.8) is 0 Å². The lowest BCUT2D eigenvalue weighted by Gasteiger charge is -2.28. The minimum absolute atomic E-state index is 0.0367. The maximum atomic E-state index is 13.3. The molecule has 6 heteroatoms. The molecule has 35 heavy (non-hydrogen) atoms. The van der Waals surface area contributed by atoms with E-state index in [1.165, 1.54) is 6.08 Å². The van der Waals surface area contributed by atoms with Crippen LogP contribution in [0.3, 0.4) is 0 Å². The third kappa shape index (κ3) is 6.61. The number of hydrogen-bond donors (Lipinski definition) is 1. The molecule has 1 aliphatic heterocycles. The predicted molar refractivity (Wildman–Crippen MR) is 139 cm³/mol. The van der Waals surface area contributed by atoms with Crippen molar-refractivity contribution in [1.82, 2.24) is 9.80 Å². The standard InChI is InChI=1S/C29H36N2O4/c1-5-30(6-2)19-10-20-31-27(23-14-16-24(17-15-23)35-21(3)4)26(28(33)29(31)34)25(32)18-13-22-11-8-7-9-12-22/h7-9,11-18,21,27,33H,5-6,10,19-20H2,1-4H3/b18-13+. The Labute approximate surface area is 208 Å². The highest BCUT2D eigenvalue weighted by molar-refractivity contribution is 6.14. The summed E-state index contributed by atoms with van der Waals surface area (Å²) in [5, 5.41) is 10.8. The third-order valence-electron chi connectivity index (χ3n) is 6.13. The molecule has 1 amide bonds. The number of aliphatic hydroxyl groups is 1. The Kier molecular flexibility index (Phi) is 9.26. The second-order valence-corrected chi connectivity index (χ2v) is 8.89. The summed E-state index contributed by atoms with van der Waals surface area (Å²) in [5.41, 5.74) is 1.74. The van der Waals surface area contributed by atoms with Crippen LogP contribution >= 0.6 is 0 Å². The van der Waals surface area contributed by atoms with Crippen molar-refractivity contribution in [2.75, 3.05) is 26.2 Å². The minimum Gasteiger partial charge on any atom is -0.503 e. The smallest absolute Gasteiger partial charge is 0.290 e. The summed E-state index contributed by atoms with van der Waals surface area (Å²) >= 11 is 0. The molecule has 1 heterocycles. The molecular weight excluding hydrogens is 440 g/mol. The van der Waals surface area contributed by atoms with Gasteiger partial charge in [-0.3, -0.25) is 9.59 Å². The number of rotatable bonds is 12. The molecule has 1 N–H and O–H groups in total. The van der Waals surface area contributed by atoms with Crippen molar-refractivity contribution in [2.45, 2.75) is 46.3 Å². The van der Waals surface area contributed by atoms with Gasteiger partial charge in [0.25, 0.3) is 5.91 Å². The maximum absolute atomic E-state index is 13.3. The van der Waals surface area contributed by atoms with Gasteiger partial charge in [-0.2, -0.15) is 0 Å². The van der Waals surface area contributed by atoms with E-state index in [1.807, 2.05) is 68.4 Å². The molecule has 0 fully saturated rings. The van der Waals surface area contributed by atoms with Crippen LogP contribution < -0.4 is 4.74 Å². The van der Waals surface area contributed by atoms with Crippen LogP contribution in [0.2, 0.25) is 0 Å². The molecule has 0 aliphatic carbocycles.